The zero-order chi connectivity index (χ0) is 17.3. The number of aryl methyl sites for hydroxylation is 1. The molecule has 0 fully saturated rings. The number of thiazole rings is 2. The van der Waals surface area contributed by atoms with Gasteiger partial charge in [0, 0.05) is 22.7 Å². The molecule has 0 atom stereocenters. The Morgan fingerprint density at radius 3 is 2.96 bits per heavy atom. The molecule has 0 saturated heterocycles. The lowest BCUT2D eigenvalue weighted by atomic mass is 10.3. The molecule has 3 heterocycles. The molecular formula is C14H12N4O4S2. The van der Waals surface area contributed by atoms with E-state index in [1.807, 2.05) is 6.92 Å². The van der Waals surface area contributed by atoms with Gasteiger partial charge >= 0.3 is 5.97 Å². The Kier molecular flexibility index (Phi) is 4.40. The van der Waals surface area contributed by atoms with Gasteiger partial charge in [0.2, 0.25) is 0 Å². The predicted molar refractivity (Wildman–Crippen MR) is 90.1 cm³/mol. The second-order valence-electron chi connectivity index (χ2n) is 4.68. The normalized spacial score (nSPS) is 10.8. The molecule has 0 unspecified atom stereocenters. The number of rotatable bonds is 4. The van der Waals surface area contributed by atoms with Crippen LogP contribution in [0, 0.1) is 6.92 Å². The third kappa shape index (κ3) is 3.05. The molecule has 1 amide bonds. The highest BCUT2D eigenvalue weighted by Gasteiger charge is 2.17. The number of hydrogen-bond donors (Lipinski definition) is 1. The van der Waals surface area contributed by atoms with Crippen LogP contribution in [0.4, 0.5) is 5.13 Å². The molecule has 0 aliphatic rings. The number of carbonyl (C=O) groups excluding carboxylic acids is 2. The molecule has 0 aromatic carbocycles. The SMILES string of the molecule is CCOC(=O)c1csc(NC(=O)c2cnc3sc(C)cn3c2=O)n1. The molecule has 0 aliphatic carbocycles. The number of hydrogen-bond acceptors (Lipinski definition) is 8. The van der Waals surface area contributed by atoms with Crippen LogP contribution in [0.3, 0.4) is 0 Å². The highest BCUT2D eigenvalue weighted by Crippen LogP contribution is 2.17. The van der Waals surface area contributed by atoms with Crippen LogP contribution in [0.25, 0.3) is 4.96 Å². The fourth-order valence-corrected chi connectivity index (χ4v) is 3.41. The van der Waals surface area contributed by atoms with Gasteiger partial charge in [-0.25, -0.2) is 14.8 Å². The lowest BCUT2D eigenvalue weighted by Crippen LogP contribution is -2.25. The number of amides is 1. The number of aromatic nitrogens is 3. The third-order valence-corrected chi connectivity index (χ3v) is 4.65. The van der Waals surface area contributed by atoms with Gasteiger partial charge in [0.15, 0.2) is 15.8 Å². The molecule has 0 radical (unpaired) electrons. The number of ether oxygens (including phenoxy) is 1. The maximum atomic E-state index is 12.3. The van der Waals surface area contributed by atoms with Crippen molar-refractivity contribution in [2.45, 2.75) is 13.8 Å². The zero-order valence-corrected chi connectivity index (χ0v) is 14.4. The van der Waals surface area contributed by atoms with Crippen LogP contribution >= 0.6 is 22.7 Å². The largest absolute Gasteiger partial charge is 0.461 e. The van der Waals surface area contributed by atoms with Crippen molar-refractivity contribution >= 4 is 44.6 Å². The monoisotopic (exact) mass is 364 g/mol. The van der Waals surface area contributed by atoms with Crippen LogP contribution in [0.15, 0.2) is 22.6 Å². The van der Waals surface area contributed by atoms with E-state index in [1.54, 1.807) is 13.1 Å². The van der Waals surface area contributed by atoms with Crippen molar-refractivity contribution in [1.82, 2.24) is 14.4 Å². The van der Waals surface area contributed by atoms with Gasteiger partial charge in [-0.2, -0.15) is 0 Å². The predicted octanol–water partition coefficient (Wildman–Crippen LogP) is 1.95. The van der Waals surface area contributed by atoms with Gasteiger partial charge in [-0.3, -0.25) is 19.3 Å². The molecule has 0 saturated carbocycles. The Bertz CT molecular complexity index is 988. The Morgan fingerprint density at radius 2 is 2.21 bits per heavy atom. The second-order valence-corrected chi connectivity index (χ2v) is 6.76. The first-order valence-electron chi connectivity index (χ1n) is 6.91. The first-order chi connectivity index (χ1) is 11.5. The fraction of sp³-hybridized carbons (Fsp3) is 0.214. The Labute approximate surface area is 143 Å². The average molecular weight is 364 g/mol. The maximum absolute atomic E-state index is 12.3. The van der Waals surface area contributed by atoms with Crippen molar-refractivity contribution in [3.63, 3.8) is 0 Å². The van der Waals surface area contributed by atoms with Crippen molar-refractivity contribution in [1.29, 1.82) is 0 Å². The summed E-state index contributed by atoms with van der Waals surface area (Å²) in [4.78, 5) is 45.7. The van der Waals surface area contributed by atoms with E-state index in [0.717, 1.165) is 16.2 Å². The fourth-order valence-electron chi connectivity index (χ4n) is 1.95. The molecule has 124 valence electrons. The number of esters is 1. The minimum atomic E-state index is -0.629. The van der Waals surface area contributed by atoms with E-state index >= 15 is 0 Å². The van der Waals surface area contributed by atoms with E-state index < -0.39 is 17.4 Å². The Morgan fingerprint density at radius 1 is 1.42 bits per heavy atom. The summed E-state index contributed by atoms with van der Waals surface area (Å²) >= 11 is 2.43. The summed E-state index contributed by atoms with van der Waals surface area (Å²) in [7, 11) is 0. The first-order valence-corrected chi connectivity index (χ1v) is 8.61. The molecule has 0 spiro atoms. The molecule has 1 N–H and O–H groups in total. The molecule has 10 heteroatoms. The lowest BCUT2D eigenvalue weighted by molar-refractivity contribution is 0.0520. The van der Waals surface area contributed by atoms with Crippen LogP contribution in [-0.2, 0) is 4.74 Å². The molecule has 0 aliphatic heterocycles. The van der Waals surface area contributed by atoms with Crippen LogP contribution in [-0.4, -0.2) is 32.9 Å². The quantitative estimate of drug-likeness (QED) is 0.710. The summed E-state index contributed by atoms with van der Waals surface area (Å²) in [6.07, 6.45) is 2.87. The molecule has 0 bridgehead atoms. The van der Waals surface area contributed by atoms with Crippen molar-refractivity contribution in [2.75, 3.05) is 11.9 Å². The molecule has 3 rings (SSSR count). The summed E-state index contributed by atoms with van der Waals surface area (Å²) < 4.78 is 6.16. The van der Waals surface area contributed by atoms with Gasteiger partial charge in [-0.05, 0) is 13.8 Å². The van der Waals surface area contributed by atoms with Crippen LogP contribution in [0.5, 0.6) is 0 Å². The van der Waals surface area contributed by atoms with Gasteiger partial charge in [0.1, 0.15) is 5.56 Å². The molecular weight excluding hydrogens is 352 g/mol. The van der Waals surface area contributed by atoms with E-state index in [2.05, 4.69) is 15.3 Å². The van der Waals surface area contributed by atoms with Gasteiger partial charge in [-0.1, -0.05) is 0 Å². The van der Waals surface area contributed by atoms with Gasteiger partial charge in [0.25, 0.3) is 11.5 Å². The van der Waals surface area contributed by atoms with Gasteiger partial charge in [-0.15, -0.1) is 22.7 Å². The molecule has 24 heavy (non-hydrogen) atoms. The first kappa shape index (κ1) is 16.3. The third-order valence-electron chi connectivity index (χ3n) is 2.98. The number of anilines is 1. The second kappa shape index (κ2) is 6.49. The van der Waals surface area contributed by atoms with Crippen LogP contribution in [0.2, 0.25) is 0 Å². The van der Waals surface area contributed by atoms with Gasteiger partial charge in [0.05, 0.1) is 6.61 Å². The van der Waals surface area contributed by atoms with E-state index in [4.69, 9.17) is 4.74 Å². The van der Waals surface area contributed by atoms with Crippen molar-refractivity contribution in [3.8, 4) is 0 Å². The van der Waals surface area contributed by atoms with Crippen molar-refractivity contribution in [3.05, 3.63) is 44.3 Å². The van der Waals surface area contributed by atoms with Crippen LogP contribution < -0.4 is 10.9 Å². The van der Waals surface area contributed by atoms with E-state index in [1.165, 1.54) is 27.3 Å². The van der Waals surface area contributed by atoms with Crippen molar-refractivity contribution < 1.29 is 14.3 Å². The Hall–Kier alpha value is -2.59. The zero-order valence-electron chi connectivity index (χ0n) is 12.7. The smallest absolute Gasteiger partial charge is 0.357 e. The number of nitrogens with one attached hydrogen (secondary N) is 1. The maximum Gasteiger partial charge on any atom is 0.357 e. The van der Waals surface area contributed by atoms with Crippen LogP contribution in [0.1, 0.15) is 32.6 Å². The van der Waals surface area contributed by atoms with E-state index in [9.17, 15) is 14.4 Å². The minimum Gasteiger partial charge on any atom is -0.461 e. The minimum absolute atomic E-state index is 0.0989. The number of nitrogens with zero attached hydrogens (tertiary/aromatic N) is 3. The molecule has 8 nitrogen and oxygen atoms in total. The summed E-state index contributed by atoms with van der Waals surface area (Å²) in [5, 5.41) is 4.18. The standard InChI is InChI=1S/C14H12N4O4S2/c1-3-22-12(21)9-6-23-13(16-9)17-10(19)8-4-15-14-18(11(8)20)5-7(2)24-14/h4-6H,3H2,1-2H3,(H,16,17,19). The molecule has 3 aromatic heterocycles. The molecule has 3 aromatic rings. The summed E-state index contributed by atoms with van der Waals surface area (Å²) in [6, 6.07) is 0. The highest BCUT2D eigenvalue weighted by molar-refractivity contribution is 7.17. The summed E-state index contributed by atoms with van der Waals surface area (Å²) in [5.41, 5.74) is -0.446. The topological polar surface area (TPSA) is 103 Å². The average Bonchev–Trinajstić information content (AvgIpc) is 3.14. The van der Waals surface area contributed by atoms with E-state index in [-0.39, 0.29) is 23.0 Å². The van der Waals surface area contributed by atoms with E-state index in [0.29, 0.717) is 4.96 Å². The number of fused-ring (bicyclic) bond motifs is 1. The van der Waals surface area contributed by atoms with Gasteiger partial charge < -0.3 is 4.74 Å². The summed E-state index contributed by atoms with van der Waals surface area (Å²) in [6.45, 7) is 3.78. The summed E-state index contributed by atoms with van der Waals surface area (Å²) in [5.74, 6) is -1.19. The highest BCUT2D eigenvalue weighted by atomic mass is 32.1. The Balaban J connectivity index is 1.84. The van der Waals surface area contributed by atoms with Crippen molar-refractivity contribution in [2.24, 2.45) is 0 Å². The lowest BCUT2D eigenvalue weighted by Gasteiger charge is -2.01. The number of carbonyl (C=O) groups is 2.